The minimum atomic E-state index is -0.0568. The normalized spacial score (nSPS) is 12.4. The van der Waals surface area contributed by atoms with Crippen molar-refractivity contribution in [1.29, 1.82) is 0 Å². The van der Waals surface area contributed by atoms with E-state index < -0.39 is 0 Å². The van der Waals surface area contributed by atoms with E-state index in [9.17, 15) is 4.79 Å². The van der Waals surface area contributed by atoms with Crippen molar-refractivity contribution in [1.82, 2.24) is 15.2 Å². The molecule has 2 N–H and O–H groups in total. The maximum atomic E-state index is 12.2. The van der Waals surface area contributed by atoms with Crippen LogP contribution in [0.2, 0.25) is 0 Å². The number of H-pyrrole nitrogens is 1. The standard InChI is InChI=1S/C18H25N3O/c1-5-15-10-11-16(20-15)18(22)19-12-17(21(3)4)14-8-6-13(2)7-9-14/h6-11,17,20H,5,12H2,1-4H3,(H,19,22)/t17-/m0/s1. The van der Waals surface area contributed by atoms with Crippen molar-refractivity contribution in [2.75, 3.05) is 20.6 Å². The molecule has 118 valence electrons. The van der Waals surface area contributed by atoms with Gasteiger partial charge in [-0.1, -0.05) is 36.8 Å². The molecule has 1 heterocycles. The van der Waals surface area contributed by atoms with Gasteiger partial charge in [0.2, 0.25) is 0 Å². The molecular weight excluding hydrogens is 274 g/mol. The van der Waals surface area contributed by atoms with Crippen molar-refractivity contribution < 1.29 is 4.79 Å². The third-order valence-electron chi connectivity index (χ3n) is 3.91. The molecule has 0 unspecified atom stereocenters. The lowest BCUT2D eigenvalue weighted by Gasteiger charge is -2.25. The van der Waals surface area contributed by atoms with E-state index in [4.69, 9.17) is 0 Å². The smallest absolute Gasteiger partial charge is 0.267 e. The summed E-state index contributed by atoms with van der Waals surface area (Å²) in [6.07, 6.45) is 0.900. The average molecular weight is 299 g/mol. The summed E-state index contributed by atoms with van der Waals surface area (Å²) >= 11 is 0. The quantitative estimate of drug-likeness (QED) is 0.861. The SMILES string of the molecule is CCc1ccc(C(=O)NC[C@@H](c2ccc(C)cc2)N(C)C)[nH]1. The minimum Gasteiger partial charge on any atom is -0.354 e. The molecule has 1 atom stereocenters. The Balaban J connectivity index is 2.02. The number of carbonyl (C=O) groups is 1. The Morgan fingerprint density at radius 3 is 2.41 bits per heavy atom. The second-order valence-corrected chi connectivity index (χ2v) is 5.85. The van der Waals surface area contributed by atoms with Crippen LogP contribution in [-0.4, -0.2) is 36.4 Å². The number of aryl methyl sites for hydroxylation is 2. The lowest BCUT2D eigenvalue weighted by Crippen LogP contribution is -2.34. The van der Waals surface area contributed by atoms with Crippen LogP contribution in [0.4, 0.5) is 0 Å². The molecule has 0 aliphatic rings. The Morgan fingerprint density at radius 2 is 1.86 bits per heavy atom. The number of amides is 1. The lowest BCUT2D eigenvalue weighted by atomic mass is 10.0. The Morgan fingerprint density at radius 1 is 1.18 bits per heavy atom. The second kappa shape index (κ2) is 7.27. The van der Waals surface area contributed by atoms with Gasteiger partial charge >= 0.3 is 0 Å². The van der Waals surface area contributed by atoms with Gasteiger partial charge in [-0.25, -0.2) is 0 Å². The number of benzene rings is 1. The summed E-state index contributed by atoms with van der Waals surface area (Å²) in [6.45, 7) is 4.72. The highest BCUT2D eigenvalue weighted by molar-refractivity contribution is 5.92. The predicted octanol–water partition coefficient (Wildman–Crippen LogP) is 2.92. The van der Waals surface area contributed by atoms with Crippen LogP contribution in [0, 0.1) is 6.92 Å². The van der Waals surface area contributed by atoms with Crippen LogP contribution in [0.15, 0.2) is 36.4 Å². The molecule has 22 heavy (non-hydrogen) atoms. The Labute approximate surface area is 132 Å². The van der Waals surface area contributed by atoms with Gasteiger partial charge in [0.15, 0.2) is 0 Å². The predicted molar refractivity (Wildman–Crippen MR) is 90.1 cm³/mol. The van der Waals surface area contributed by atoms with E-state index in [-0.39, 0.29) is 11.9 Å². The molecule has 1 amide bonds. The summed E-state index contributed by atoms with van der Waals surface area (Å²) in [6, 6.07) is 12.4. The number of nitrogens with zero attached hydrogens (tertiary/aromatic N) is 1. The van der Waals surface area contributed by atoms with Gasteiger partial charge < -0.3 is 15.2 Å². The molecule has 1 aromatic heterocycles. The number of aromatic nitrogens is 1. The van der Waals surface area contributed by atoms with Gasteiger partial charge in [-0.3, -0.25) is 4.79 Å². The van der Waals surface area contributed by atoms with Crippen molar-refractivity contribution in [2.45, 2.75) is 26.3 Å². The number of carbonyl (C=O) groups excluding carboxylic acids is 1. The monoisotopic (exact) mass is 299 g/mol. The minimum absolute atomic E-state index is 0.0568. The first kappa shape index (κ1) is 16.3. The van der Waals surface area contributed by atoms with Crippen LogP contribution >= 0.6 is 0 Å². The van der Waals surface area contributed by atoms with Gasteiger partial charge in [-0.2, -0.15) is 0 Å². The Kier molecular flexibility index (Phi) is 5.39. The summed E-state index contributed by atoms with van der Waals surface area (Å²) in [5.74, 6) is -0.0568. The zero-order chi connectivity index (χ0) is 16.1. The van der Waals surface area contributed by atoms with E-state index in [1.165, 1.54) is 11.1 Å². The lowest BCUT2D eigenvalue weighted by molar-refractivity contribution is 0.0937. The summed E-state index contributed by atoms with van der Waals surface area (Å²) in [7, 11) is 4.06. The molecule has 0 spiro atoms. The number of hydrogen-bond donors (Lipinski definition) is 2. The van der Waals surface area contributed by atoms with Gasteiger partial charge in [0.1, 0.15) is 5.69 Å². The molecule has 0 fully saturated rings. The van der Waals surface area contributed by atoms with E-state index in [0.29, 0.717) is 12.2 Å². The summed E-state index contributed by atoms with van der Waals surface area (Å²) < 4.78 is 0. The zero-order valence-corrected chi connectivity index (χ0v) is 13.8. The maximum Gasteiger partial charge on any atom is 0.267 e. The fourth-order valence-corrected chi connectivity index (χ4v) is 2.45. The molecule has 0 saturated heterocycles. The third kappa shape index (κ3) is 3.98. The van der Waals surface area contributed by atoms with Gasteiger partial charge in [-0.05, 0) is 45.1 Å². The Hall–Kier alpha value is -2.07. The van der Waals surface area contributed by atoms with Crippen molar-refractivity contribution in [2.24, 2.45) is 0 Å². The van der Waals surface area contributed by atoms with E-state index in [2.05, 4.69) is 53.3 Å². The number of hydrogen-bond acceptors (Lipinski definition) is 2. The van der Waals surface area contributed by atoms with Crippen LogP contribution in [0.3, 0.4) is 0 Å². The first-order valence-electron chi connectivity index (χ1n) is 7.70. The maximum absolute atomic E-state index is 12.2. The summed E-state index contributed by atoms with van der Waals surface area (Å²) in [5, 5.41) is 3.02. The van der Waals surface area contributed by atoms with Gasteiger partial charge in [0, 0.05) is 12.2 Å². The highest BCUT2D eigenvalue weighted by atomic mass is 16.1. The third-order valence-corrected chi connectivity index (χ3v) is 3.91. The van der Waals surface area contributed by atoms with E-state index in [1.807, 2.05) is 26.2 Å². The molecule has 0 saturated carbocycles. The number of aromatic amines is 1. The van der Waals surface area contributed by atoms with Crippen LogP contribution < -0.4 is 5.32 Å². The van der Waals surface area contributed by atoms with Gasteiger partial charge in [-0.15, -0.1) is 0 Å². The van der Waals surface area contributed by atoms with Crippen LogP contribution in [0.5, 0.6) is 0 Å². The van der Waals surface area contributed by atoms with Crippen molar-refractivity contribution >= 4 is 5.91 Å². The van der Waals surface area contributed by atoms with Gasteiger partial charge in [0.05, 0.1) is 6.04 Å². The van der Waals surface area contributed by atoms with Crippen LogP contribution in [0.1, 0.15) is 40.3 Å². The number of rotatable bonds is 6. The number of likely N-dealkylation sites (N-methyl/N-ethyl adjacent to an activating group) is 1. The molecule has 2 aromatic rings. The molecule has 4 heteroatoms. The largest absolute Gasteiger partial charge is 0.354 e. The molecule has 2 rings (SSSR count). The topological polar surface area (TPSA) is 48.1 Å². The highest BCUT2D eigenvalue weighted by Crippen LogP contribution is 2.18. The zero-order valence-electron chi connectivity index (χ0n) is 13.8. The highest BCUT2D eigenvalue weighted by Gasteiger charge is 2.16. The molecule has 0 bridgehead atoms. The Bertz CT molecular complexity index is 614. The van der Waals surface area contributed by atoms with Crippen molar-refractivity contribution in [3.05, 3.63) is 58.9 Å². The van der Waals surface area contributed by atoms with E-state index in [1.54, 1.807) is 0 Å². The fourth-order valence-electron chi connectivity index (χ4n) is 2.45. The van der Waals surface area contributed by atoms with Crippen molar-refractivity contribution in [3.8, 4) is 0 Å². The average Bonchev–Trinajstić information content (AvgIpc) is 2.98. The molecular formula is C18H25N3O. The van der Waals surface area contributed by atoms with E-state index in [0.717, 1.165) is 12.1 Å². The first-order chi connectivity index (χ1) is 10.5. The second-order valence-electron chi connectivity index (χ2n) is 5.85. The first-order valence-corrected chi connectivity index (χ1v) is 7.70. The molecule has 4 nitrogen and oxygen atoms in total. The summed E-state index contributed by atoms with van der Waals surface area (Å²) in [5.41, 5.74) is 4.14. The van der Waals surface area contributed by atoms with Crippen LogP contribution in [-0.2, 0) is 6.42 Å². The number of nitrogens with one attached hydrogen (secondary N) is 2. The summed E-state index contributed by atoms with van der Waals surface area (Å²) in [4.78, 5) is 17.5. The fraction of sp³-hybridized carbons (Fsp3) is 0.389. The van der Waals surface area contributed by atoms with Crippen molar-refractivity contribution in [3.63, 3.8) is 0 Å². The van der Waals surface area contributed by atoms with Crippen LogP contribution in [0.25, 0.3) is 0 Å². The van der Waals surface area contributed by atoms with E-state index >= 15 is 0 Å². The molecule has 0 aliphatic heterocycles. The molecule has 1 aromatic carbocycles. The molecule has 0 radical (unpaired) electrons. The molecule has 0 aliphatic carbocycles. The van der Waals surface area contributed by atoms with Gasteiger partial charge in [0.25, 0.3) is 5.91 Å².